The van der Waals surface area contributed by atoms with E-state index in [4.69, 9.17) is 0 Å². The van der Waals surface area contributed by atoms with Crippen molar-refractivity contribution in [2.24, 2.45) is 0 Å². The Balaban J connectivity index is 0.000000169. The standard InChI is InChI=1S/2C38H26F2/c2*39-31-23-19-27(20-24-31)33-15-7-9-17-35(33)37(29-11-3-1-4-12-29)38(30-13-5-2-6-14-30)36-18-10-8-16-34(36)28-21-25-32(40)26-22-28/h2*1-26H/b2*38-37-. The van der Waals surface area contributed by atoms with Gasteiger partial charge in [0.05, 0.1) is 0 Å². The van der Waals surface area contributed by atoms with Crippen molar-refractivity contribution < 1.29 is 17.6 Å². The first-order valence-electron chi connectivity index (χ1n) is 26.5. The highest BCUT2D eigenvalue weighted by atomic mass is 19.1. The predicted octanol–water partition coefficient (Wildman–Crippen LogP) is 20.6. The van der Waals surface area contributed by atoms with E-state index in [-0.39, 0.29) is 23.3 Å². The molecule has 80 heavy (non-hydrogen) atoms. The highest BCUT2D eigenvalue weighted by molar-refractivity contribution is 6.10. The smallest absolute Gasteiger partial charge is 0.123 e. The maximum atomic E-state index is 13.9. The second-order valence-electron chi connectivity index (χ2n) is 19.2. The molecule has 12 aromatic rings. The van der Waals surface area contributed by atoms with Gasteiger partial charge in [-0.1, -0.05) is 267 Å². The fourth-order valence-corrected chi connectivity index (χ4v) is 10.5. The van der Waals surface area contributed by atoms with Crippen molar-refractivity contribution in [2.75, 3.05) is 0 Å². The van der Waals surface area contributed by atoms with Gasteiger partial charge >= 0.3 is 0 Å². The molecule has 0 atom stereocenters. The van der Waals surface area contributed by atoms with Gasteiger partial charge < -0.3 is 0 Å². The van der Waals surface area contributed by atoms with Gasteiger partial charge in [-0.2, -0.15) is 0 Å². The van der Waals surface area contributed by atoms with Crippen LogP contribution in [-0.2, 0) is 0 Å². The van der Waals surface area contributed by atoms with Crippen molar-refractivity contribution >= 4 is 22.3 Å². The molecule has 0 N–H and O–H groups in total. The fourth-order valence-electron chi connectivity index (χ4n) is 10.5. The van der Waals surface area contributed by atoms with E-state index < -0.39 is 0 Å². The van der Waals surface area contributed by atoms with Gasteiger partial charge in [0, 0.05) is 0 Å². The Morgan fingerprint density at radius 1 is 0.163 bits per heavy atom. The summed E-state index contributed by atoms with van der Waals surface area (Å²) >= 11 is 0. The molecule has 12 aromatic carbocycles. The Morgan fingerprint density at radius 2 is 0.325 bits per heavy atom. The lowest BCUT2D eigenvalue weighted by molar-refractivity contribution is 0.627. The molecule has 0 saturated heterocycles. The second-order valence-corrected chi connectivity index (χ2v) is 19.2. The van der Waals surface area contributed by atoms with E-state index in [9.17, 15) is 17.6 Å². The molecule has 0 aromatic heterocycles. The van der Waals surface area contributed by atoms with Crippen LogP contribution in [0.15, 0.2) is 315 Å². The third kappa shape index (κ3) is 11.6. The van der Waals surface area contributed by atoms with Gasteiger partial charge in [0.15, 0.2) is 0 Å². The van der Waals surface area contributed by atoms with Gasteiger partial charge in [-0.25, -0.2) is 17.6 Å². The molecule has 0 spiro atoms. The molecule has 4 heteroatoms. The number of rotatable bonds is 12. The van der Waals surface area contributed by atoms with Crippen molar-refractivity contribution in [1.29, 1.82) is 0 Å². The summed E-state index contributed by atoms with van der Waals surface area (Å²) in [5.41, 5.74) is 20.4. The van der Waals surface area contributed by atoms with E-state index in [1.165, 1.54) is 48.5 Å². The van der Waals surface area contributed by atoms with E-state index in [2.05, 4.69) is 97.1 Å². The summed E-state index contributed by atoms with van der Waals surface area (Å²) in [6, 6.07) is 101. The molecule has 12 rings (SSSR count). The molecule has 0 aliphatic carbocycles. The van der Waals surface area contributed by atoms with Crippen LogP contribution in [0.25, 0.3) is 66.8 Å². The van der Waals surface area contributed by atoms with Gasteiger partial charge in [-0.15, -0.1) is 0 Å². The highest BCUT2D eigenvalue weighted by Gasteiger charge is 2.24. The van der Waals surface area contributed by atoms with Crippen molar-refractivity contribution in [1.82, 2.24) is 0 Å². The monoisotopic (exact) mass is 1040 g/mol. The fraction of sp³-hybridized carbons (Fsp3) is 0. The lowest BCUT2D eigenvalue weighted by atomic mass is 9.81. The Morgan fingerprint density at radius 3 is 0.512 bits per heavy atom. The minimum absolute atomic E-state index is 0.266. The number of benzene rings is 12. The van der Waals surface area contributed by atoms with Gasteiger partial charge in [0.2, 0.25) is 0 Å². The van der Waals surface area contributed by atoms with E-state index in [0.29, 0.717) is 0 Å². The zero-order chi connectivity index (χ0) is 54.6. The van der Waals surface area contributed by atoms with Crippen molar-refractivity contribution in [3.63, 3.8) is 0 Å². The van der Waals surface area contributed by atoms with E-state index in [1.807, 2.05) is 170 Å². The summed E-state index contributed by atoms with van der Waals surface area (Å²) in [6.45, 7) is 0. The average molecular weight is 1040 g/mol. The molecule has 0 fully saturated rings. The number of hydrogen-bond donors (Lipinski definition) is 0. The predicted molar refractivity (Wildman–Crippen MR) is 323 cm³/mol. The number of hydrogen-bond acceptors (Lipinski definition) is 0. The van der Waals surface area contributed by atoms with Gasteiger partial charge in [-0.3, -0.25) is 0 Å². The summed E-state index contributed by atoms with van der Waals surface area (Å²) in [4.78, 5) is 0. The summed E-state index contributed by atoms with van der Waals surface area (Å²) in [5.74, 6) is -1.06. The third-order valence-corrected chi connectivity index (χ3v) is 14.2. The Kier molecular flexibility index (Phi) is 15.9. The van der Waals surface area contributed by atoms with E-state index in [1.54, 1.807) is 0 Å². The molecule has 384 valence electrons. The quantitative estimate of drug-likeness (QED) is 0.0845. The molecule has 0 amide bonds. The van der Waals surface area contributed by atoms with Crippen LogP contribution in [0, 0.1) is 23.3 Å². The molecule has 0 unspecified atom stereocenters. The van der Waals surface area contributed by atoms with Crippen molar-refractivity contribution in [3.8, 4) is 44.5 Å². The summed E-state index contributed by atoms with van der Waals surface area (Å²) in [7, 11) is 0. The minimum atomic E-state index is -0.266. The van der Waals surface area contributed by atoms with Crippen LogP contribution in [0.3, 0.4) is 0 Å². The van der Waals surface area contributed by atoms with Crippen LogP contribution in [0.5, 0.6) is 0 Å². The molecular weight excluding hydrogens is 989 g/mol. The van der Waals surface area contributed by atoms with Crippen LogP contribution in [0.2, 0.25) is 0 Å². The first-order valence-corrected chi connectivity index (χ1v) is 26.5. The summed E-state index contributed by atoms with van der Waals surface area (Å²) in [6.07, 6.45) is 0. The van der Waals surface area contributed by atoms with E-state index in [0.717, 1.165) is 111 Å². The van der Waals surface area contributed by atoms with Gasteiger partial charge in [0.1, 0.15) is 23.3 Å². The summed E-state index contributed by atoms with van der Waals surface area (Å²) < 4.78 is 55.6. The van der Waals surface area contributed by atoms with Crippen molar-refractivity contribution in [2.45, 2.75) is 0 Å². The zero-order valence-corrected chi connectivity index (χ0v) is 43.5. The Bertz CT molecular complexity index is 3540. The van der Waals surface area contributed by atoms with Crippen molar-refractivity contribution in [3.05, 3.63) is 383 Å². The second kappa shape index (κ2) is 24.4. The highest BCUT2D eigenvalue weighted by Crippen LogP contribution is 2.45. The van der Waals surface area contributed by atoms with Crippen LogP contribution in [0.1, 0.15) is 44.5 Å². The molecule has 0 heterocycles. The molecule has 0 nitrogen and oxygen atoms in total. The lowest BCUT2D eigenvalue weighted by Gasteiger charge is -2.22. The van der Waals surface area contributed by atoms with Crippen LogP contribution < -0.4 is 0 Å². The van der Waals surface area contributed by atoms with Crippen LogP contribution in [-0.4, -0.2) is 0 Å². The largest absolute Gasteiger partial charge is 0.207 e. The van der Waals surface area contributed by atoms with Crippen LogP contribution >= 0.6 is 0 Å². The van der Waals surface area contributed by atoms with Gasteiger partial charge in [0.25, 0.3) is 0 Å². The Labute approximate surface area is 465 Å². The summed E-state index contributed by atoms with van der Waals surface area (Å²) in [5, 5.41) is 0. The maximum Gasteiger partial charge on any atom is 0.123 e. The molecule has 0 aliphatic rings. The lowest BCUT2D eigenvalue weighted by Crippen LogP contribution is -2.01. The van der Waals surface area contributed by atoms with Gasteiger partial charge in [-0.05, 0) is 160 Å². The third-order valence-electron chi connectivity index (χ3n) is 14.2. The van der Waals surface area contributed by atoms with Crippen LogP contribution in [0.4, 0.5) is 17.6 Å². The minimum Gasteiger partial charge on any atom is -0.207 e. The Hall–Kier alpha value is -10.2. The zero-order valence-electron chi connectivity index (χ0n) is 43.5. The first-order chi connectivity index (χ1) is 39.4. The average Bonchev–Trinajstić information content (AvgIpc) is 3.53. The topological polar surface area (TPSA) is 0 Å². The SMILES string of the molecule is Fc1ccc(-c2ccccc2/C(=C(/c2ccccc2)c2ccccc2-c2ccc(F)cc2)c2ccccc2)cc1.Fc1ccc(-c2ccccc2/C(=C(/c2ccccc2)c2ccccc2-c2ccc(F)cc2)c2ccccc2)cc1. The molecular formula is C76H52F4. The normalized spacial score (nSPS) is 11.7. The van der Waals surface area contributed by atoms with E-state index >= 15 is 0 Å². The maximum absolute atomic E-state index is 13.9. The number of halogens is 4. The molecule has 0 bridgehead atoms. The first kappa shape index (κ1) is 51.9. The molecule has 0 aliphatic heterocycles. The molecule has 0 saturated carbocycles. The molecule has 0 radical (unpaired) electrons.